The number of halogens is 2. The van der Waals surface area contributed by atoms with Crippen LogP contribution in [-0.4, -0.2) is 18.9 Å². The molecular weight excluding hydrogens is 442 g/mol. The van der Waals surface area contributed by atoms with E-state index in [1.165, 1.54) is 61.7 Å². The van der Waals surface area contributed by atoms with Gasteiger partial charge in [-0.3, -0.25) is 9.59 Å². The fourth-order valence-corrected chi connectivity index (χ4v) is 3.28. The van der Waals surface area contributed by atoms with Crippen LogP contribution >= 0.6 is 0 Å². The van der Waals surface area contributed by atoms with E-state index in [-0.39, 0.29) is 52.2 Å². The quantitative estimate of drug-likeness (QED) is 0.534. The van der Waals surface area contributed by atoms with Crippen LogP contribution in [0.15, 0.2) is 54.6 Å². The molecule has 0 atom stereocenters. The van der Waals surface area contributed by atoms with Crippen LogP contribution in [0, 0.1) is 34.3 Å². The number of rotatable bonds is 7. The number of amides is 2. The standard InChI is InChI=1S/C25H18F2N4O3/c1-34-23-9-8-15(24(32)30-21-6-2-4-19(26)16(21)10-12-28)14-18(23)25(33)31-22-7-3-5-20(27)17(22)11-13-29/h2-9,14H,10-11H2,1H3,(H,30,32)(H,31,33). The zero-order valence-corrected chi connectivity index (χ0v) is 18.0. The first-order valence-electron chi connectivity index (χ1n) is 9.99. The number of nitrogens with one attached hydrogen (secondary N) is 2. The predicted molar refractivity (Wildman–Crippen MR) is 120 cm³/mol. The van der Waals surface area contributed by atoms with Crippen molar-refractivity contribution >= 4 is 23.2 Å². The molecule has 0 aliphatic rings. The number of carbonyl (C=O) groups excluding carboxylic acids is 2. The predicted octanol–water partition coefficient (Wildman–Crippen LogP) is 4.61. The molecule has 170 valence electrons. The lowest BCUT2D eigenvalue weighted by Crippen LogP contribution is -2.18. The van der Waals surface area contributed by atoms with Crippen LogP contribution in [0.2, 0.25) is 0 Å². The number of hydrogen-bond acceptors (Lipinski definition) is 5. The van der Waals surface area contributed by atoms with Crippen molar-refractivity contribution in [2.24, 2.45) is 0 Å². The van der Waals surface area contributed by atoms with Crippen molar-refractivity contribution in [1.82, 2.24) is 0 Å². The van der Waals surface area contributed by atoms with E-state index in [1.807, 2.05) is 12.1 Å². The number of methoxy groups -OCH3 is 1. The van der Waals surface area contributed by atoms with E-state index < -0.39 is 23.4 Å². The minimum atomic E-state index is -0.688. The number of carbonyl (C=O) groups is 2. The number of hydrogen-bond donors (Lipinski definition) is 2. The Morgan fingerprint density at radius 1 is 0.853 bits per heavy atom. The van der Waals surface area contributed by atoms with Gasteiger partial charge in [0.05, 0.1) is 37.7 Å². The van der Waals surface area contributed by atoms with Crippen LogP contribution in [0.1, 0.15) is 31.8 Å². The van der Waals surface area contributed by atoms with E-state index in [0.29, 0.717) is 0 Å². The molecule has 0 aliphatic carbocycles. The molecule has 0 radical (unpaired) electrons. The van der Waals surface area contributed by atoms with E-state index in [2.05, 4.69) is 10.6 Å². The van der Waals surface area contributed by atoms with E-state index in [0.717, 1.165) is 0 Å². The fraction of sp³-hybridized carbons (Fsp3) is 0.120. The molecule has 3 rings (SSSR count). The molecule has 0 aliphatic heterocycles. The summed E-state index contributed by atoms with van der Waals surface area (Å²) in [5.41, 5.74) is 0.371. The molecule has 9 heteroatoms. The smallest absolute Gasteiger partial charge is 0.259 e. The SMILES string of the molecule is COc1ccc(C(=O)Nc2cccc(F)c2CC#N)cc1C(=O)Nc1cccc(F)c1CC#N. The highest BCUT2D eigenvalue weighted by molar-refractivity contribution is 6.10. The van der Waals surface area contributed by atoms with E-state index >= 15 is 0 Å². The Morgan fingerprint density at radius 2 is 1.38 bits per heavy atom. The summed E-state index contributed by atoms with van der Waals surface area (Å²) < 4.78 is 33.4. The molecule has 0 bridgehead atoms. The van der Waals surface area contributed by atoms with Crippen LogP contribution in [0.5, 0.6) is 5.75 Å². The summed E-state index contributed by atoms with van der Waals surface area (Å²) in [6.45, 7) is 0. The zero-order chi connectivity index (χ0) is 24.7. The summed E-state index contributed by atoms with van der Waals surface area (Å²) in [5, 5.41) is 23.0. The fourth-order valence-electron chi connectivity index (χ4n) is 3.28. The van der Waals surface area contributed by atoms with Gasteiger partial charge in [0.2, 0.25) is 0 Å². The normalized spacial score (nSPS) is 10.0. The topological polar surface area (TPSA) is 115 Å². The Morgan fingerprint density at radius 3 is 1.88 bits per heavy atom. The van der Waals surface area contributed by atoms with Crippen LogP contribution < -0.4 is 15.4 Å². The number of ether oxygens (including phenoxy) is 1. The summed E-state index contributed by atoms with van der Waals surface area (Å²) >= 11 is 0. The maximum Gasteiger partial charge on any atom is 0.259 e. The van der Waals surface area contributed by atoms with Gasteiger partial charge in [0.1, 0.15) is 17.4 Å². The monoisotopic (exact) mass is 460 g/mol. The summed E-state index contributed by atoms with van der Waals surface area (Å²) in [5.74, 6) is -2.44. The molecule has 2 amide bonds. The maximum absolute atomic E-state index is 14.1. The van der Waals surface area contributed by atoms with Gasteiger partial charge in [-0.05, 0) is 42.5 Å². The minimum Gasteiger partial charge on any atom is -0.496 e. The highest BCUT2D eigenvalue weighted by Crippen LogP contribution is 2.26. The summed E-state index contributed by atoms with van der Waals surface area (Å²) in [4.78, 5) is 25.8. The summed E-state index contributed by atoms with van der Waals surface area (Å²) in [6, 6.07) is 15.9. The molecule has 0 heterocycles. The first-order chi connectivity index (χ1) is 16.4. The zero-order valence-electron chi connectivity index (χ0n) is 18.0. The van der Waals surface area contributed by atoms with Crippen LogP contribution in [0.25, 0.3) is 0 Å². The molecule has 34 heavy (non-hydrogen) atoms. The third kappa shape index (κ3) is 5.17. The highest BCUT2D eigenvalue weighted by atomic mass is 19.1. The second-order valence-electron chi connectivity index (χ2n) is 7.02. The number of benzene rings is 3. The van der Waals surface area contributed by atoms with Crippen molar-refractivity contribution < 1.29 is 23.1 Å². The first kappa shape index (κ1) is 23.9. The molecule has 3 aromatic rings. The second kappa shape index (κ2) is 10.7. The van der Waals surface area contributed by atoms with Crippen molar-refractivity contribution in [3.05, 3.63) is 88.5 Å². The molecule has 2 N–H and O–H groups in total. The lowest BCUT2D eigenvalue weighted by atomic mass is 10.1. The van der Waals surface area contributed by atoms with Crippen molar-refractivity contribution in [3.8, 4) is 17.9 Å². The minimum absolute atomic E-state index is 0.0150. The molecule has 0 saturated carbocycles. The molecule has 0 unspecified atom stereocenters. The number of nitrogens with zero attached hydrogens (tertiary/aromatic N) is 2. The van der Waals surface area contributed by atoms with Gasteiger partial charge >= 0.3 is 0 Å². The molecule has 3 aromatic carbocycles. The third-order valence-electron chi connectivity index (χ3n) is 4.95. The van der Waals surface area contributed by atoms with Crippen molar-refractivity contribution in [2.75, 3.05) is 17.7 Å². The van der Waals surface area contributed by atoms with Gasteiger partial charge in [-0.2, -0.15) is 10.5 Å². The molecule has 0 saturated heterocycles. The Balaban J connectivity index is 1.91. The number of anilines is 2. The molecule has 0 fully saturated rings. The third-order valence-corrected chi connectivity index (χ3v) is 4.95. The van der Waals surface area contributed by atoms with Crippen molar-refractivity contribution in [2.45, 2.75) is 12.8 Å². The molecule has 0 spiro atoms. The van der Waals surface area contributed by atoms with E-state index in [9.17, 15) is 18.4 Å². The van der Waals surface area contributed by atoms with Gasteiger partial charge in [-0.15, -0.1) is 0 Å². The second-order valence-corrected chi connectivity index (χ2v) is 7.02. The lowest BCUT2D eigenvalue weighted by Gasteiger charge is -2.14. The Bertz CT molecular complexity index is 1340. The van der Waals surface area contributed by atoms with Gasteiger partial charge in [-0.25, -0.2) is 8.78 Å². The maximum atomic E-state index is 14.1. The Kier molecular flexibility index (Phi) is 7.52. The average Bonchev–Trinajstić information content (AvgIpc) is 2.83. The number of nitriles is 2. The van der Waals surface area contributed by atoms with Crippen LogP contribution in [0.3, 0.4) is 0 Å². The van der Waals surface area contributed by atoms with Gasteiger partial charge in [0.15, 0.2) is 0 Å². The van der Waals surface area contributed by atoms with Gasteiger partial charge in [-0.1, -0.05) is 12.1 Å². The van der Waals surface area contributed by atoms with Crippen molar-refractivity contribution in [1.29, 1.82) is 10.5 Å². The first-order valence-corrected chi connectivity index (χ1v) is 9.99. The molecule has 7 nitrogen and oxygen atoms in total. The van der Waals surface area contributed by atoms with Crippen LogP contribution in [0.4, 0.5) is 20.2 Å². The Labute approximate surface area is 194 Å². The largest absolute Gasteiger partial charge is 0.496 e. The van der Waals surface area contributed by atoms with E-state index in [1.54, 1.807) is 0 Å². The highest BCUT2D eigenvalue weighted by Gasteiger charge is 2.19. The van der Waals surface area contributed by atoms with Gasteiger partial charge < -0.3 is 15.4 Å². The van der Waals surface area contributed by atoms with Crippen molar-refractivity contribution in [3.63, 3.8) is 0 Å². The van der Waals surface area contributed by atoms with Crippen LogP contribution in [-0.2, 0) is 12.8 Å². The molecule has 0 aromatic heterocycles. The Hall–Kier alpha value is -4.76. The summed E-state index contributed by atoms with van der Waals surface area (Å²) in [6.07, 6.45) is -0.488. The van der Waals surface area contributed by atoms with Gasteiger partial charge in [0.25, 0.3) is 11.8 Å². The molecular formula is C25H18F2N4O3. The summed E-state index contributed by atoms with van der Waals surface area (Å²) in [7, 11) is 1.34. The lowest BCUT2D eigenvalue weighted by molar-refractivity contribution is 0.102. The van der Waals surface area contributed by atoms with Gasteiger partial charge in [0, 0.05) is 28.1 Å². The average molecular weight is 460 g/mol. The van der Waals surface area contributed by atoms with E-state index in [4.69, 9.17) is 15.3 Å².